The van der Waals surface area contributed by atoms with E-state index in [1.807, 2.05) is 42.5 Å². The molecule has 2 rings (SSSR count). The molecule has 0 spiro atoms. The molecular weight excluding hydrogens is 286 g/mol. The number of hydrogen-bond donors (Lipinski definition) is 0. The molecule has 0 radical (unpaired) electrons. The van der Waals surface area contributed by atoms with Crippen molar-refractivity contribution in [3.8, 4) is 0 Å². The Balaban J connectivity index is 2.46. The molecule has 0 saturated heterocycles. The molecule has 2 aromatic rings. The number of benzene rings is 2. The van der Waals surface area contributed by atoms with Crippen LogP contribution in [0.15, 0.2) is 59.6 Å². The van der Waals surface area contributed by atoms with Crippen molar-refractivity contribution >= 4 is 23.8 Å². The number of esters is 1. The van der Waals surface area contributed by atoms with Gasteiger partial charge in [0.2, 0.25) is 0 Å². The SMILES string of the molecule is COC(=O)[C@](C)(N=Cc1ccccc1)c1ccccc1Cl. The van der Waals surface area contributed by atoms with Gasteiger partial charge in [0.05, 0.1) is 7.11 Å². The highest BCUT2D eigenvalue weighted by Gasteiger charge is 2.37. The molecule has 4 heteroatoms. The van der Waals surface area contributed by atoms with Crippen LogP contribution in [0.2, 0.25) is 5.02 Å². The lowest BCUT2D eigenvalue weighted by Crippen LogP contribution is -2.32. The highest BCUT2D eigenvalue weighted by molar-refractivity contribution is 6.31. The van der Waals surface area contributed by atoms with E-state index in [1.54, 1.807) is 25.3 Å². The van der Waals surface area contributed by atoms with Gasteiger partial charge in [-0.25, -0.2) is 4.79 Å². The van der Waals surface area contributed by atoms with Crippen LogP contribution in [-0.2, 0) is 15.1 Å². The second-order valence-electron chi connectivity index (χ2n) is 4.71. The van der Waals surface area contributed by atoms with Crippen molar-refractivity contribution in [3.63, 3.8) is 0 Å². The van der Waals surface area contributed by atoms with Crippen LogP contribution < -0.4 is 0 Å². The van der Waals surface area contributed by atoms with Crippen molar-refractivity contribution in [3.05, 3.63) is 70.7 Å². The van der Waals surface area contributed by atoms with Crippen molar-refractivity contribution in [2.75, 3.05) is 7.11 Å². The summed E-state index contributed by atoms with van der Waals surface area (Å²) < 4.78 is 4.90. The third-order valence-electron chi connectivity index (χ3n) is 3.25. The second-order valence-corrected chi connectivity index (χ2v) is 5.12. The standard InChI is InChI=1S/C17H16ClNO2/c1-17(16(20)21-2,14-10-6-7-11-15(14)18)19-12-13-8-4-3-5-9-13/h3-12H,1-2H3/t17-/m1/s1. The lowest BCUT2D eigenvalue weighted by Gasteiger charge is -2.23. The van der Waals surface area contributed by atoms with Crippen molar-refractivity contribution in [1.29, 1.82) is 0 Å². The normalized spacial score (nSPS) is 13.9. The van der Waals surface area contributed by atoms with E-state index in [2.05, 4.69) is 4.99 Å². The van der Waals surface area contributed by atoms with Gasteiger partial charge in [-0.2, -0.15) is 0 Å². The van der Waals surface area contributed by atoms with E-state index >= 15 is 0 Å². The molecular formula is C17H16ClNO2. The van der Waals surface area contributed by atoms with E-state index in [0.29, 0.717) is 10.6 Å². The number of aliphatic imine (C=N–C) groups is 1. The minimum Gasteiger partial charge on any atom is -0.467 e. The van der Waals surface area contributed by atoms with Gasteiger partial charge in [0, 0.05) is 16.8 Å². The predicted molar refractivity (Wildman–Crippen MR) is 84.9 cm³/mol. The van der Waals surface area contributed by atoms with Crippen molar-refractivity contribution < 1.29 is 9.53 Å². The summed E-state index contributed by atoms with van der Waals surface area (Å²) >= 11 is 6.21. The van der Waals surface area contributed by atoms with Crippen LogP contribution in [-0.4, -0.2) is 19.3 Å². The number of ether oxygens (including phenoxy) is 1. The Hall–Kier alpha value is -2.13. The lowest BCUT2D eigenvalue weighted by atomic mass is 9.92. The van der Waals surface area contributed by atoms with E-state index in [9.17, 15) is 4.79 Å². The first-order valence-electron chi connectivity index (χ1n) is 6.51. The zero-order valence-corrected chi connectivity index (χ0v) is 12.7. The molecule has 0 bridgehead atoms. The van der Waals surface area contributed by atoms with Crippen molar-refractivity contribution in [2.24, 2.45) is 4.99 Å². The molecule has 0 unspecified atom stereocenters. The first kappa shape index (κ1) is 15.3. The smallest absolute Gasteiger partial charge is 0.338 e. The number of rotatable bonds is 4. The number of methoxy groups -OCH3 is 1. The molecule has 0 aliphatic carbocycles. The molecule has 0 N–H and O–H groups in total. The first-order valence-corrected chi connectivity index (χ1v) is 6.89. The molecule has 0 aliphatic rings. The second kappa shape index (κ2) is 6.55. The average molecular weight is 302 g/mol. The lowest BCUT2D eigenvalue weighted by molar-refractivity contribution is -0.146. The minimum atomic E-state index is -1.18. The van der Waals surface area contributed by atoms with E-state index < -0.39 is 11.5 Å². The summed E-state index contributed by atoms with van der Waals surface area (Å²) in [5.74, 6) is -0.456. The summed E-state index contributed by atoms with van der Waals surface area (Å²) in [4.78, 5) is 16.7. The van der Waals surface area contributed by atoms with Crippen molar-refractivity contribution in [1.82, 2.24) is 0 Å². The van der Waals surface area contributed by atoms with E-state index in [1.165, 1.54) is 7.11 Å². The quantitative estimate of drug-likeness (QED) is 0.635. The monoisotopic (exact) mass is 301 g/mol. The fourth-order valence-corrected chi connectivity index (χ4v) is 2.35. The highest BCUT2D eigenvalue weighted by Crippen LogP contribution is 2.32. The Kier molecular flexibility index (Phi) is 4.76. The third-order valence-corrected chi connectivity index (χ3v) is 3.58. The van der Waals surface area contributed by atoms with Crippen LogP contribution in [0.25, 0.3) is 0 Å². The van der Waals surface area contributed by atoms with Crippen molar-refractivity contribution in [2.45, 2.75) is 12.5 Å². The number of halogens is 1. The highest BCUT2D eigenvalue weighted by atomic mass is 35.5. The zero-order valence-electron chi connectivity index (χ0n) is 11.9. The topological polar surface area (TPSA) is 38.7 Å². The fourth-order valence-electron chi connectivity index (χ4n) is 2.03. The predicted octanol–water partition coefficient (Wildman–Crippen LogP) is 3.85. The Morgan fingerprint density at radius 3 is 2.38 bits per heavy atom. The van der Waals surface area contributed by atoms with Gasteiger partial charge in [0.1, 0.15) is 0 Å². The Bertz CT molecular complexity index is 655. The molecule has 0 saturated carbocycles. The Morgan fingerprint density at radius 2 is 1.76 bits per heavy atom. The van der Waals surface area contributed by atoms with Gasteiger partial charge >= 0.3 is 5.97 Å². The van der Waals surface area contributed by atoms with Crippen LogP contribution in [0.1, 0.15) is 18.1 Å². The molecule has 0 amide bonds. The summed E-state index contributed by atoms with van der Waals surface area (Å²) in [6.45, 7) is 1.69. The third kappa shape index (κ3) is 3.31. The van der Waals surface area contributed by atoms with Gasteiger partial charge in [-0.3, -0.25) is 4.99 Å². The van der Waals surface area contributed by atoms with Gasteiger partial charge in [0.25, 0.3) is 0 Å². The molecule has 21 heavy (non-hydrogen) atoms. The van der Waals surface area contributed by atoms with Gasteiger partial charge < -0.3 is 4.74 Å². The largest absolute Gasteiger partial charge is 0.467 e. The number of carbonyl (C=O) groups excluding carboxylic acids is 1. The maximum Gasteiger partial charge on any atom is 0.338 e. The molecule has 0 fully saturated rings. The first-order chi connectivity index (χ1) is 10.1. The summed E-state index contributed by atoms with van der Waals surface area (Å²) in [6.07, 6.45) is 1.65. The molecule has 3 nitrogen and oxygen atoms in total. The van der Waals surface area contributed by atoms with Gasteiger partial charge in [-0.15, -0.1) is 0 Å². The van der Waals surface area contributed by atoms with E-state index in [4.69, 9.17) is 16.3 Å². The fraction of sp³-hybridized carbons (Fsp3) is 0.176. The van der Waals surface area contributed by atoms with Crippen LogP contribution >= 0.6 is 11.6 Å². The van der Waals surface area contributed by atoms with E-state index in [0.717, 1.165) is 5.56 Å². The minimum absolute atomic E-state index is 0.456. The molecule has 0 aliphatic heterocycles. The van der Waals surface area contributed by atoms with Gasteiger partial charge in [-0.1, -0.05) is 60.1 Å². The van der Waals surface area contributed by atoms with Crippen LogP contribution in [0, 0.1) is 0 Å². The molecule has 1 atom stereocenters. The zero-order chi connectivity index (χ0) is 15.3. The maximum absolute atomic E-state index is 12.2. The number of hydrogen-bond acceptors (Lipinski definition) is 3. The van der Waals surface area contributed by atoms with Crippen LogP contribution in [0.4, 0.5) is 0 Å². The summed E-state index contributed by atoms with van der Waals surface area (Å²) in [5.41, 5.74) is 0.341. The van der Waals surface area contributed by atoms with E-state index in [-0.39, 0.29) is 0 Å². The maximum atomic E-state index is 12.2. The molecule has 2 aromatic carbocycles. The van der Waals surface area contributed by atoms with Crippen LogP contribution in [0.5, 0.6) is 0 Å². The van der Waals surface area contributed by atoms with Gasteiger partial charge in [0.15, 0.2) is 5.54 Å². The average Bonchev–Trinajstić information content (AvgIpc) is 2.53. The molecule has 0 aromatic heterocycles. The summed E-state index contributed by atoms with van der Waals surface area (Å²) in [7, 11) is 1.34. The molecule has 108 valence electrons. The summed E-state index contributed by atoms with van der Waals surface area (Å²) in [6, 6.07) is 16.7. The Morgan fingerprint density at radius 1 is 1.14 bits per heavy atom. The summed E-state index contributed by atoms with van der Waals surface area (Å²) in [5, 5.41) is 0.482. The van der Waals surface area contributed by atoms with Crippen LogP contribution in [0.3, 0.4) is 0 Å². The number of carbonyl (C=O) groups is 1. The van der Waals surface area contributed by atoms with Gasteiger partial charge in [-0.05, 0) is 18.6 Å². The number of nitrogens with zero attached hydrogens (tertiary/aromatic N) is 1. The molecule has 0 heterocycles. The Labute approximate surface area is 129 Å².